The van der Waals surface area contributed by atoms with Crippen molar-refractivity contribution < 1.29 is 0 Å². The number of rotatable bonds is 5. The van der Waals surface area contributed by atoms with Crippen LogP contribution in [-0.2, 0) is 13.1 Å². The quantitative estimate of drug-likeness (QED) is 0.898. The van der Waals surface area contributed by atoms with Gasteiger partial charge in [-0.05, 0) is 26.7 Å². The lowest BCUT2D eigenvalue weighted by molar-refractivity contribution is 0.617. The number of thiazole rings is 1. The molecule has 5 heteroatoms. The predicted octanol–water partition coefficient (Wildman–Crippen LogP) is 2.26. The van der Waals surface area contributed by atoms with E-state index in [1.54, 1.807) is 11.3 Å². The molecule has 0 aliphatic heterocycles. The van der Waals surface area contributed by atoms with Crippen molar-refractivity contribution in [3.63, 3.8) is 0 Å². The van der Waals surface area contributed by atoms with E-state index in [1.165, 1.54) is 17.7 Å². The van der Waals surface area contributed by atoms with Crippen LogP contribution >= 0.6 is 11.3 Å². The minimum atomic E-state index is 0.722. The van der Waals surface area contributed by atoms with E-state index in [0.29, 0.717) is 0 Å². The molecule has 0 spiro atoms. The molecule has 4 nitrogen and oxygen atoms in total. The molecule has 1 aliphatic carbocycles. The van der Waals surface area contributed by atoms with Gasteiger partial charge in [-0.2, -0.15) is 0 Å². The van der Waals surface area contributed by atoms with Gasteiger partial charge in [0.15, 0.2) is 0 Å². The summed E-state index contributed by atoms with van der Waals surface area (Å²) in [5, 5.41) is 4.66. The molecule has 96 valence electrons. The molecular formula is C13H18N4S. The highest BCUT2D eigenvalue weighted by molar-refractivity contribution is 7.11. The number of hydrogen-bond acceptors (Lipinski definition) is 4. The van der Waals surface area contributed by atoms with Crippen molar-refractivity contribution in [2.75, 3.05) is 0 Å². The Morgan fingerprint density at radius 2 is 2.28 bits per heavy atom. The Morgan fingerprint density at radius 1 is 1.44 bits per heavy atom. The van der Waals surface area contributed by atoms with Gasteiger partial charge in [0, 0.05) is 23.3 Å². The fraction of sp³-hybridized carbons (Fsp3) is 0.538. The zero-order valence-electron chi connectivity index (χ0n) is 10.8. The molecule has 1 aliphatic rings. The van der Waals surface area contributed by atoms with Gasteiger partial charge in [-0.1, -0.05) is 0 Å². The lowest BCUT2D eigenvalue weighted by Crippen LogP contribution is -2.19. The molecule has 0 saturated heterocycles. The Hall–Kier alpha value is -1.20. The maximum atomic E-state index is 4.58. The van der Waals surface area contributed by atoms with Crippen LogP contribution in [0, 0.1) is 13.8 Å². The van der Waals surface area contributed by atoms with Gasteiger partial charge in [-0.25, -0.2) is 9.97 Å². The molecule has 2 aromatic heterocycles. The van der Waals surface area contributed by atoms with Gasteiger partial charge in [0.25, 0.3) is 0 Å². The van der Waals surface area contributed by atoms with Gasteiger partial charge >= 0.3 is 0 Å². The fourth-order valence-corrected chi connectivity index (χ4v) is 2.86. The van der Waals surface area contributed by atoms with Gasteiger partial charge in [0.2, 0.25) is 0 Å². The van der Waals surface area contributed by atoms with E-state index in [1.807, 2.05) is 12.4 Å². The third-order valence-corrected chi connectivity index (χ3v) is 4.36. The van der Waals surface area contributed by atoms with Crippen molar-refractivity contribution in [2.24, 2.45) is 0 Å². The summed E-state index contributed by atoms with van der Waals surface area (Å²) in [5.74, 6) is 1.10. The molecule has 2 heterocycles. The van der Waals surface area contributed by atoms with Gasteiger partial charge in [0.1, 0.15) is 10.8 Å². The van der Waals surface area contributed by atoms with E-state index >= 15 is 0 Å². The number of nitrogens with zero attached hydrogens (tertiary/aromatic N) is 3. The van der Waals surface area contributed by atoms with Gasteiger partial charge in [-0.3, -0.25) is 0 Å². The molecule has 0 bridgehead atoms. The van der Waals surface area contributed by atoms with Crippen LogP contribution in [0.3, 0.4) is 0 Å². The van der Waals surface area contributed by atoms with Gasteiger partial charge < -0.3 is 9.88 Å². The molecule has 2 aromatic rings. The summed E-state index contributed by atoms with van der Waals surface area (Å²) in [7, 11) is 0. The SMILES string of the molecule is Cc1nc(Cn2ccnc2CNC2CC2)sc1C. The molecule has 1 fully saturated rings. The molecule has 3 rings (SSSR count). The molecule has 0 amide bonds. The Morgan fingerprint density at radius 3 is 2.94 bits per heavy atom. The summed E-state index contributed by atoms with van der Waals surface area (Å²) < 4.78 is 2.19. The summed E-state index contributed by atoms with van der Waals surface area (Å²) in [4.78, 5) is 10.3. The van der Waals surface area contributed by atoms with Crippen LogP contribution in [0.5, 0.6) is 0 Å². The van der Waals surface area contributed by atoms with E-state index < -0.39 is 0 Å². The Kier molecular flexibility index (Phi) is 3.18. The fourth-order valence-electron chi connectivity index (χ4n) is 1.93. The highest BCUT2D eigenvalue weighted by Gasteiger charge is 2.20. The van der Waals surface area contributed by atoms with E-state index in [-0.39, 0.29) is 0 Å². The molecular weight excluding hydrogens is 244 g/mol. The van der Waals surface area contributed by atoms with Crippen LogP contribution in [0.2, 0.25) is 0 Å². The van der Waals surface area contributed by atoms with Gasteiger partial charge in [-0.15, -0.1) is 11.3 Å². The number of nitrogens with one attached hydrogen (secondary N) is 1. The maximum absolute atomic E-state index is 4.58. The minimum Gasteiger partial charge on any atom is -0.327 e. The summed E-state index contributed by atoms with van der Waals surface area (Å²) in [5.41, 5.74) is 1.15. The highest BCUT2D eigenvalue weighted by Crippen LogP contribution is 2.20. The number of imidazole rings is 1. The second kappa shape index (κ2) is 4.82. The summed E-state index contributed by atoms with van der Waals surface area (Å²) in [6.07, 6.45) is 6.53. The van der Waals surface area contributed by atoms with Crippen LogP contribution in [0.15, 0.2) is 12.4 Å². The van der Waals surface area contributed by atoms with Crippen molar-refractivity contribution in [2.45, 2.75) is 45.8 Å². The first-order valence-electron chi connectivity index (χ1n) is 6.38. The zero-order valence-corrected chi connectivity index (χ0v) is 11.6. The van der Waals surface area contributed by atoms with Crippen LogP contribution < -0.4 is 5.32 Å². The smallest absolute Gasteiger partial charge is 0.123 e. The van der Waals surface area contributed by atoms with E-state index in [2.05, 4.69) is 33.7 Å². The number of aromatic nitrogens is 3. The third kappa shape index (κ3) is 2.62. The molecule has 0 atom stereocenters. The van der Waals surface area contributed by atoms with Crippen molar-refractivity contribution in [3.05, 3.63) is 33.8 Å². The molecule has 0 radical (unpaired) electrons. The van der Waals surface area contributed by atoms with Crippen molar-refractivity contribution >= 4 is 11.3 Å². The largest absolute Gasteiger partial charge is 0.327 e. The van der Waals surface area contributed by atoms with Crippen LogP contribution in [-0.4, -0.2) is 20.6 Å². The molecule has 18 heavy (non-hydrogen) atoms. The predicted molar refractivity (Wildman–Crippen MR) is 72.8 cm³/mol. The Labute approximate surface area is 111 Å². The zero-order chi connectivity index (χ0) is 12.5. The van der Waals surface area contributed by atoms with Crippen molar-refractivity contribution in [1.82, 2.24) is 19.9 Å². The molecule has 0 unspecified atom stereocenters. The normalized spacial score (nSPS) is 15.2. The Bertz CT molecular complexity index is 519. The van der Waals surface area contributed by atoms with E-state index in [9.17, 15) is 0 Å². The summed E-state index contributed by atoms with van der Waals surface area (Å²) in [6.45, 7) is 5.89. The maximum Gasteiger partial charge on any atom is 0.123 e. The number of aryl methyl sites for hydroxylation is 2. The molecule has 1 saturated carbocycles. The minimum absolute atomic E-state index is 0.722. The number of hydrogen-bond donors (Lipinski definition) is 1. The summed E-state index contributed by atoms with van der Waals surface area (Å²) in [6, 6.07) is 0.722. The summed E-state index contributed by atoms with van der Waals surface area (Å²) >= 11 is 1.78. The van der Waals surface area contributed by atoms with Gasteiger partial charge in [0.05, 0.1) is 18.8 Å². The standard InChI is InChI=1S/C13H18N4S/c1-9-10(2)18-13(16-9)8-17-6-5-14-12(17)7-15-11-3-4-11/h5-6,11,15H,3-4,7-8H2,1-2H3. The average molecular weight is 262 g/mol. The first-order chi connectivity index (χ1) is 8.72. The first kappa shape index (κ1) is 11.9. The third-order valence-electron chi connectivity index (χ3n) is 3.31. The highest BCUT2D eigenvalue weighted by atomic mass is 32.1. The molecule has 1 N–H and O–H groups in total. The van der Waals surface area contributed by atoms with Crippen LogP contribution in [0.25, 0.3) is 0 Å². The van der Waals surface area contributed by atoms with Crippen LogP contribution in [0.4, 0.5) is 0 Å². The van der Waals surface area contributed by atoms with E-state index in [0.717, 1.165) is 35.7 Å². The first-order valence-corrected chi connectivity index (χ1v) is 7.20. The lowest BCUT2D eigenvalue weighted by Gasteiger charge is -2.06. The van der Waals surface area contributed by atoms with Crippen LogP contribution in [0.1, 0.15) is 34.2 Å². The monoisotopic (exact) mass is 262 g/mol. The topological polar surface area (TPSA) is 42.7 Å². The second-order valence-corrected chi connectivity index (χ2v) is 6.16. The Balaban J connectivity index is 1.69. The van der Waals surface area contributed by atoms with Crippen molar-refractivity contribution in [1.29, 1.82) is 0 Å². The molecule has 0 aromatic carbocycles. The van der Waals surface area contributed by atoms with E-state index in [4.69, 9.17) is 0 Å². The van der Waals surface area contributed by atoms with Crippen molar-refractivity contribution in [3.8, 4) is 0 Å². The second-order valence-electron chi connectivity index (χ2n) is 4.88. The average Bonchev–Trinajstić information content (AvgIpc) is 2.99. The lowest BCUT2D eigenvalue weighted by atomic mass is 10.4.